The summed E-state index contributed by atoms with van der Waals surface area (Å²) in [5, 5.41) is 0.626. The van der Waals surface area contributed by atoms with Crippen LogP contribution in [0.1, 0.15) is 12.8 Å². The van der Waals surface area contributed by atoms with Crippen LogP contribution in [-0.4, -0.2) is 53.0 Å². The van der Waals surface area contributed by atoms with Gasteiger partial charge in [0.15, 0.2) is 0 Å². The van der Waals surface area contributed by atoms with Crippen molar-refractivity contribution >= 4 is 35.0 Å². The Hall–Kier alpha value is -0.940. The van der Waals surface area contributed by atoms with Crippen LogP contribution in [0.25, 0.3) is 0 Å². The number of anilines is 1. The molecule has 1 amide bonds. The second-order valence-electron chi connectivity index (χ2n) is 5.12. The third-order valence-electron chi connectivity index (χ3n) is 3.92. The van der Waals surface area contributed by atoms with Gasteiger partial charge in [0.25, 0.3) is 0 Å². The number of thioether (sulfide) groups is 1. The molecule has 3 heterocycles. The summed E-state index contributed by atoms with van der Waals surface area (Å²) in [6.07, 6.45) is 5.34. The Balaban J connectivity index is 1.78. The quantitative estimate of drug-likeness (QED) is 0.839. The first-order chi connectivity index (χ1) is 9.77. The maximum atomic E-state index is 12.7. The van der Waals surface area contributed by atoms with Crippen LogP contribution in [0.15, 0.2) is 18.5 Å². The van der Waals surface area contributed by atoms with E-state index < -0.39 is 0 Å². The molecule has 1 aromatic heterocycles. The average Bonchev–Trinajstić information content (AvgIpc) is 2.97. The van der Waals surface area contributed by atoms with Crippen molar-refractivity contribution in [1.29, 1.82) is 0 Å². The van der Waals surface area contributed by atoms with E-state index in [1.165, 1.54) is 0 Å². The zero-order valence-electron chi connectivity index (χ0n) is 11.3. The van der Waals surface area contributed by atoms with Gasteiger partial charge in [-0.3, -0.25) is 9.78 Å². The van der Waals surface area contributed by atoms with Gasteiger partial charge in [0.1, 0.15) is 6.04 Å². The molecule has 1 unspecified atom stereocenters. The zero-order chi connectivity index (χ0) is 13.9. The molecule has 3 rings (SSSR count). The van der Waals surface area contributed by atoms with Crippen LogP contribution in [0, 0.1) is 0 Å². The van der Waals surface area contributed by atoms with Crippen molar-refractivity contribution in [2.24, 2.45) is 0 Å². The lowest BCUT2D eigenvalue weighted by molar-refractivity contribution is -0.132. The minimum atomic E-state index is -0.0574. The molecule has 0 bridgehead atoms. The fourth-order valence-corrected chi connectivity index (χ4v) is 4.04. The van der Waals surface area contributed by atoms with E-state index in [0.29, 0.717) is 5.02 Å². The highest BCUT2D eigenvalue weighted by Crippen LogP contribution is 2.32. The standard InChI is InChI=1S/C14H18ClN3OS/c15-11-10-16-4-3-12(11)18-5-1-2-13(18)14(19)17-6-8-20-9-7-17/h3-4,10,13H,1-2,5-9H2. The molecule has 0 N–H and O–H groups in total. The van der Waals surface area contributed by atoms with Crippen molar-refractivity contribution in [1.82, 2.24) is 9.88 Å². The molecule has 20 heavy (non-hydrogen) atoms. The number of nitrogens with zero attached hydrogens (tertiary/aromatic N) is 3. The van der Waals surface area contributed by atoms with Gasteiger partial charge < -0.3 is 9.80 Å². The van der Waals surface area contributed by atoms with Crippen LogP contribution in [0.2, 0.25) is 5.02 Å². The molecule has 0 aromatic carbocycles. The van der Waals surface area contributed by atoms with Gasteiger partial charge in [0, 0.05) is 43.5 Å². The number of amides is 1. The number of pyridine rings is 1. The highest BCUT2D eigenvalue weighted by molar-refractivity contribution is 7.99. The van der Waals surface area contributed by atoms with Crippen LogP contribution >= 0.6 is 23.4 Å². The first kappa shape index (κ1) is 14.0. The lowest BCUT2D eigenvalue weighted by Gasteiger charge is -2.33. The molecule has 1 atom stereocenters. The van der Waals surface area contributed by atoms with Crippen molar-refractivity contribution in [2.75, 3.05) is 36.0 Å². The molecule has 2 fully saturated rings. The smallest absolute Gasteiger partial charge is 0.245 e. The monoisotopic (exact) mass is 311 g/mol. The van der Waals surface area contributed by atoms with Gasteiger partial charge >= 0.3 is 0 Å². The molecule has 0 radical (unpaired) electrons. The number of hydrogen-bond donors (Lipinski definition) is 0. The molecule has 4 nitrogen and oxygen atoms in total. The lowest BCUT2D eigenvalue weighted by atomic mass is 10.1. The molecule has 2 aliphatic heterocycles. The normalized spacial score (nSPS) is 23.1. The van der Waals surface area contributed by atoms with Crippen LogP contribution < -0.4 is 4.90 Å². The van der Waals surface area contributed by atoms with E-state index in [2.05, 4.69) is 9.88 Å². The maximum Gasteiger partial charge on any atom is 0.245 e. The molecule has 6 heteroatoms. The van der Waals surface area contributed by atoms with Gasteiger partial charge in [-0.2, -0.15) is 11.8 Å². The Morgan fingerprint density at radius 2 is 2.15 bits per heavy atom. The Kier molecular flexibility index (Phi) is 4.36. The summed E-state index contributed by atoms with van der Waals surface area (Å²) in [4.78, 5) is 20.9. The fraction of sp³-hybridized carbons (Fsp3) is 0.571. The zero-order valence-corrected chi connectivity index (χ0v) is 12.9. The van der Waals surface area contributed by atoms with Crippen LogP contribution in [0.3, 0.4) is 0 Å². The second-order valence-corrected chi connectivity index (χ2v) is 6.75. The van der Waals surface area contributed by atoms with Crippen LogP contribution in [0.4, 0.5) is 5.69 Å². The van der Waals surface area contributed by atoms with Gasteiger partial charge in [-0.05, 0) is 18.9 Å². The van der Waals surface area contributed by atoms with E-state index in [9.17, 15) is 4.79 Å². The van der Waals surface area contributed by atoms with Crippen molar-refractivity contribution in [2.45, 2.75) is 18.9 Å². The highest BCUT2D eigenvalue weighted by Gasteiger charge is 2.35. The molecular formula is C14H18ClN3OS. The topological polar surface area (TPSA) is 36.4 Å². The maximum absolute atomic E-state index is 12.7. The average molecular weight is 312 g/mol. The van der Waals surface area contributed by atoms with E-state index in [4.69, 9.17) is 11.6 Å². The minimum Gasteiger partial charge on any atom is -0.358 e. The summed E-state index contributed by atoms with van der Waals surface area (Å²) in [5.74, 6) is 2.36. The summed E-state index contributed by atoms with van der Waals surface area (Å²) in [6.45, 7) is 2.64. The Morgan fingerprint density at radius 3 is 2.90 bits per heavy atom. The van der Waals surface area contributed by atoms with E-state index >= 15 is 0 Å². The van der Waals surface area contributed by atoms with E-state index in [-0.39, 0.29) is 11.9 Å². The molecule has 0 spiro atoms. The number of carbonyl (C=O) groups is 1. The van der Waals surface area contributed by atoms with Gasteiger partial charge in [-0.1, -0.05) is 11.6 Å². The number of aromatic nitrogens is 1. The van der Waals surface area contributed by atoms with Crippen molar-refractivity contribution in [3.8, 4) is 0 Å². The number of rotatable bonds is 2. The third-order valence-corrected chi connectivity index (χ3v) is 5.15. The predicted molar refractivity (Wildman–Crippen MR) is 83.5 cm³/mol. The molecule has 0 saturated carbocycles. The predicted octanol–water partition coefficient (Wildman–Crippen LogP) is 2.28. The van der Waals surface area contributed by atoms with Gasteiger partial charge in [0.2, 0.25) is 5.91 Å². The molecule has 108 valence electrons. The van der Waals surface area contributed by atoms with Gasteiger partial charge in [-0.25, -0.2) is 0 Å². The Morgan fingerprint density at radius 1 is 1.35 bits per heavy atom. The summed E-state index contributed by atoms with van der Waals surface area (Å²) < 4.78 is 0. The van der Waals surface area contributed by atoms with E-state index in [0.717, 1.165) is 49.7 Å². The van der Waals surface area contributed by atoms with Gasteiger partial charge in [-0.15, -0.1) is 0 Å². The summed E-state index contributed by atoms with van der Waals surface area (Å²) in [5.41, 5.74) is 0.934. The second kappa shape index (κ2) is 6.22. The number of halogens is 1. The first-order valence-corrected chi connectivity index (χ1v) is 8.53. The Labute approximate surface area is 128 Å². The lowest BCUT2D eigenvalue weighted by Crippen LogP contribution is -2.48. The van der Waals surface area contributed by atoms with Crippen molar-refractivity contribution < 1.29 is 4.79 Å². The van der Waals surface area contributed by atoms with Gasteiger partial charge in [0.05, 0.1) is 10.7 Å². The largest absolute Gasteiger partial charge is 0.358 e. The Bertz CT molecular complexity index is 493. The van der Waals surface area contributed by atoms with Crippen molar-refractivity contribution in [3.63, 3.8) is 0 Å². The molecule has 1 aromatic rings. The number of carbonyl (C=O) groups excluding carboxylic acids is 1. The van der Waals surface area contributed by atoms with E-state index in [1.54, 1.807) is 12.4 Å². The fourth-order valence-electron chi connectivity index (χ4n) is 2.91. The van der Waals surface area contributed by atoms with E-state index in [1.807, 2.05) is 22.7 Å². The molecular weight excluding hydrogens is 294 g/mol. The SMILES string of the molecule is O=C(C1CCCN1c1ccncc1Cl)N1CCSCC1. The van der Waals surface area contributed by atoms with Crippen LogP contribution in [-0.2, 0) is 4.79 Å². The molecule has 2 saturated heterocycles. The third kappa shape index (κ3) is 2.74. The minimum absolute atomic E-state index is 0.0574. The summed E-state index contributed by atoms with van der Waals surface area (Å²) in [7, 11) is 0. The van der Waals surface area contributed by atoms with Crippen molar-refractivity contribution in [3.05, 3.63) is 23.5 Å². The molecule has 2 aliphatic rings. The summed E-state index contributed by atoms with van der Waals surface area (Å²) >= 11 is 8.15. The number of hydrogen-bond acceptors (Lipinski definition) is 4. The molecule has 0 aliphatic carbocycles. The first-order valence-electron chi connectivity index (χ1n) is 7.00. The summed E-state index contributed by atoms with van der Waals surface area (Å²) in [6, 6.07) is 1.85. The van der Waals surface area contributed by atoms with Crippen LogP contribution in [0.5, 0.6) is 0 Å². The highest BCUT2D eigenvalue weighted by atomic mass is 35.5.